The van der Waals surface area contributed by atoms with Crippen LogP contribution in [0, 0.1) is 0 Å². The summed E-state index contributed by atoms with van der Waals surface area (Å²) < 4.78 is 80.6. The Labute approximate surface area is 262 Å². The van der Waals surface area contributed by atoms with Crippen molar-refractivity contribution < 1.29 is 49.9 Å². The number of benzene rings is 2. The number of ether oxygens (including phenoxy) is 3. The van der Waals surface area contributed by atoms with Gasteiger partial charge < -0.3 is 29.1 Å². The van der Waals surface area contributed by atoms with E-state index in [1.54, 1.807) is 12.1 Å². The maximum atomic E-state index is 12.2. The van der Waals surface area contributed by atoms with E-state index in [9.17, 15) is 31.5 Å². The standard InChI is InChI=1S/C31H41F3N2O8S/c1-45(39,40)44-18-3-14-35-13-2-5-25-7-6-23(19-28(25)35)21-43-29-20-36(30(37)38)15-12-27(29)24-8-10-26(11-9-24)42-17-4-16-41-22-31(32,33)34/h6-11,19,27,29H,2-5,12-18,20-22H2,1H3,(H,37,38)/t27-,29+/m1/s1. The number of fused-ring (bicyclic) bond motifs is 1. The number of aryl methyl sites for hydroxylation is 1. The van der Waals surface area contributed by atoms with Crippen molar-refractivity contribution in [2.24, 2.45) is 0 Å². The lowest BCUT2D eigenvalue weighted by molar-refractivity contribution is -0.174. The van der Waals surface area contributed by atoms with E-state index in [1.807, 2.05) is 18.2 Å². The van der Waals surface area contributed by atoms with Gasteiger partial charge in [0.2, 0.25) is 0 Å². The van der Waals surface area contributed by atoms with Gasteiger partial charge in [0.25, 0.3) is 10.1 Å². The lowest BCUT2D eigenvalue weighted by Gasteiger charge is -2.37. The summed E-state index contributed by atoms with van der Waals surface area (Å²) in [5.41, 5.74) is 4.26. The molecule has 2 aliphatic heterocycles. The molecule has 2 atom stereocenters. The van der Waals surface area contributed by atoms with Gasteiger partial charge in [-0.15, -0.1) is 0 Å². The number of nitrogens with zero attached hydrogens (tertiary/aromatic N) is 2. The fourth-order valence-corrected chi connectivity index (χ4v) is 6.10. The predicted molar refractivity (Wildman–Crippen MR) is 161 cm³/mol. The highest BCUT2D eigenvalue weighted by Crippen LogP contribution is 2.33. The molecule has 10 nitrogen and oxygen atoms in total. The van der Waals surface area contributed by atoms with Crippen molar-refractivity contribution in [3.05, 3.63) is 59.2 Å². The van der Waals surface area contributed by atoms with Crippen molar-refractivity contribution in [2.45, 2.75) is 56.9 Å². The van der Waals surface area contributed by atoms with Crippen LogP contribution in [0.15, 0.2) is 42.5 Å². The van der Waals surface area contributed by atoms with Crippen LogP contribution in [0.5, 0.6) is 5.75 Å². The summed E-state index contributed by atoms with van der Waals surface area (Å²) in [6.45, 7) is 1.45. The maximum Gasteiger partial charge on any atom is 0.411 e. The minimum absolute atomic E-state index is 0.0469. The summed E-state index contributed by atoms with van der Waals surface area (Å²) in [6.07, 6.45) is -1.24. The van der Waals surface area contributed by atoms with Crippen LogP contribution in [-0.4, -0.2) is 95.7 Å². The van der Waals surface area contributed by atoms with Crippen LogP contribution >= 0.6 is 0 Å². The van der Waals surface area contributed by atoms with Crippen LogP contribution in [0.1, 0.15) is 48.3 Å². The third kappa shape index (κ3) is 11.3. The molecule has 1 fully saturated rings. The van der Waals surface area contributed by atoms with Crippen molar-refractivity contribution in [1.82, 2.24) is 4.90 Å². The highest BCUT2D eigenvalue weighted by molar-refractivity contribution is 7.85. The number of rotatable bonds is 15. The van der Waals surface area contributed by atoms with Crippen molar-refractivity contribution >= 4 is 21.9 Å². The molecule has 2 heterocycles. The summed E-state index contributed by atoms with van der Waals surface area (Å²) in [7, 11) is -3.47. The molecule has 1 N–H and O–H groups in total. The first-order chi connectivity index (χ1) is 21.4. The van der Waals surface area contributed by atoms with Gasteiger partial charge in [-0.05, 0) is 60.6 Å². The third-order valence-electron chi connectivity index (χ3n) is 7.80. The summed E-state index contributed by atoms with van der Waals surface area (Å²) in [5, 5.41) is 9.65. The average Bonchev–Trinajstić information content (AvgIpc) is 2.99. The van der Waals surface area contributed by atoms with E-state index >= 15 is 0 Å². The van der Waals surface area contributed by atoms with E-state index in [4.69, 9.17) is 13.7 Å². The summed E-state index contributed by atoms with van der Waals surface area (Å²) in [5.74, 6) is 0.533. The van der Waals surface area contributed by atoms with Gasteiger partial charge in [-0.1, -0.05) is 24.3 Å². The van der Waals surface area contributed by atoms with Crippen LogP contribution in [0.25, 0.3) is 0 Å². The Balaban J connectivity index is 1.35. The van der Waals surface area contributed by atoms with Crippen LogP contribution in [0.4, 0.5) is 23.7 Å². The van der Waals surface area contributed by atoms with Gasteiger partial charge in [-0.3, -0.25) is 4.18 Å². The number of piperidine rings is 1. The lowest BCUT2D eigenvalue weighted by atomic mass is 9.87. The van der Waals surface area contributed by atoms with Gasteiger partial charge in [-0.25, -0.2) is 4.79 Å². The van der Waals surface area contributed by atoms with E-state index in [0.717, 1.165) is 42.5 Å². The third-order valence-corrected chi connectivity index (χ3v) is 8.40. The number of carbonyl (C=O) groups is 1. The first-order valence-corrected chi connectivity index (χ1v) is 16.9. The van der Waals surface area contributed by atoms with Gasteiger partial charge in [0.05, 0.1) is 45.3 Å². The summed E-state index contributed by atoms with van der Waals surface area (Å²) in [6, 6.07) is 13.6. The second-order valence-corrected chi connectivity index (χ2v) is 13.0. The Morgan fingerprint density at radius 3 is 2.53 bits per heavy atom. The van der Waals surface area contributed by atoms with E-state index in [0.29, 0.717) is 44.7 Å². The maximum absolute atomic E-state index is 12.2. The van der Waals surface area contributed by atoms with Gasteiger partial charge in [-0.2, -0.15) is 21.6 Å². The Hall–Kier alpha value is -3.07. The van der Waals surface area contributed by atoms with E-state index in [2.05, 4.69) is 21.8 Å². The Morgan fingerprint density at radius 1 is 1.04 bits per heavy atom. The zero-order chi connectivity index (χ0) is 32.5. The van der Waals surface area contributed by atoms with Crippen molar-refractivity contribution in [2.75, 3.05) is 63.8 Å². The quantitative estimate of drug-likeness (QED) is 0.204. The van der Waals surface area contributed by atoms with Gasteiger partial charge in [0.15, 0.2) is 0 Å². The molecule has 1 saturated heterocycles. The molecule has 0 radical (unpaired) electrons. The molecule has 14 heteroatoms. The van der Waals surface area contributed by atoms with E-state index in [-0.39, 0.29) is 38.4 Å². The number of likely N-dealkylation sites (tertiary alicyclic amines) is 1. The second kappa shape index (κ2) is 16.0. The van der Waals surface area contributed by atoms with Crippen LogP contribution in [0.2, 0.25) is 0 Å². The van der Waals surface area contributed by atoms with Crippen molar-refractivity contribution in [1.29, 1.82) is 0 Å². The number of halogens is 3. The average molecular weight is 659 g/mol. The highest BCUT2D eigenvalue weighted by atomic mass is 32.2. The van der Waals surface area contributed by atoms with Crippen LogP contribution < -0.4 is 9.64 Å². The van der Waals surface area contributed by atoms with Gasteiger partial charge in [0.1, 0.15) is 12.4 Å². The Kier molecular flexibility index (Phi) is 12.3. The Bertz CT molecular complexity index is 1360. The highest BCUT2D eigenvalue weighted by Gasteiger charge is 2.33. The number of anilines is 1. The van der Waals surface area contributed by atoms with Crippen LogP contribution in [-0.2, 0) is 36.8 Å². The Morgan fingerprint density at radius 2 is 1.82 bits per heavy atom. The molecule has 2 aromatic carbocycles. The first-order valence-electron chi connectivity index (χ1n) is 15.1. The molecular weight excluding hydrogens is 617 g/mol. The molecule has 0 bridgehead atoms. The molecule has 0 unspecified atom stereocenters. The number of amides is 1. The SMILES string of the molecule is CS(=O)(=O)OCCCN1CCCc2ccc(CO[C@H]3CN(C(=O)O)CC[C@@H]3c3ccc(OCCCOCC(F)(F)F)cc3)cc21. The van der Waals surface area contributed by atoms with Crippen LogP contribution in [0.3, 0.4) is 0 Å². The normalized spacial score (nSPS) is 18.9. The zero-order valence-corrected chi connectivity index (χ0v) is 26.2. The molecule has 0 saturated carbocycles. The van der Waals surface area contributed by atoms with Crippen molar-refractivity contribution in [3.63, 3.8) is 0 Å². The number of carboxylic acid groups (broad SMARTS) is 1. The fraction of sp³-hybridized carbons (Fsp3) is 0.581. The predicted octanol–water partition coefficient (Wildman–Crippen LogP) is 5.21. The van der Waals surface area contributed by atoms with E-state index < -0.39 is 29.0 Å². The molecule has 2 aliphatic rings. The molecule has 0 aromatic heterocycles. The summed E-state index contributed by atoms with van der Waals surface area (Å²) >= 11 is 0. The first kappa shape index (κ1) is 34.8. The molecule has 250 valence electrons. The monoisotopic (exact) mass is 658 g/mol. The minimum Gasteiger partial charge on any atom is -0.494 e. The largest absolute Gasteiger partial charge is 0.494 e. The number of hydrogen-bond acceptors (Lipinski definition) is 8. The minimum atomic E-state index is -4.35. The molecule has 4 rings (SSSR count). The molecular formula is C31H41F3N2O8S. The number of hydrogen-bond donors (Lipinski definition) is 1. The van der Waals surface area contributed by atoms with E-state index in [1.165, 1.54) is 10.5 Å². The molecule has 1 amide bonds. The topological polar surface area (TPSA) is 115 Å². The molecule has 0 aliphatic carbocycles. The van der Waals surface area contributed by atoms with Crippen molar-refractivity contribution in [3.8, 4) is 5.75 Å². The van der Waals surface area contributed by atoms with Gasteiger partial charge in [0, 0.05) is 37.7 Å². The second-order valence-electron chi connectivity index (χ2n) is 11.3. The number of alkyl halides is 3. The molecule has 0 spiro atoms. The van der Waals surface area contributed by atoms with Gasteiger partial charge >= 0.3 is 12.3 Å². The lowest BCUT2D eigenvalue weighted by Crippen LogP contribution is -2.46. The molecule has 45 heavy (non-hydrogen) atoms. The summed E-state index contributed by atoms with van der Waals surface area (Å²) in [4.78, 5) is 15.4. The smallest absolute Gasteiger partial charge is 0.411 e. The fourth-order valence-electron chi connectivity index (χ4n) is 5.68. The zero-order valence-electron chi connectivity index (χ0n) is 25.3. The molecule has 2 aromatic rings.